The zero-order valence-electron chi connectivity index (χ0n) is 10.1. The van der Waals surface area contributed by atoms with Gasteiger partial charge in [0.25, 0.3) is 0 Å². The number of amides is 1. The van der Waals surface area contributed by atoms with E-state index < -0.39 is 5.97 Å². The van der Waals surface area contributed by atoms with Crippen LogP contribution in [0.25, 0.3) is 0 Å². The number of benzene rings is 1. The second kappa shape index (κ2) is 6.35. The van der Waals surface area contributed by atoms with E-state index in [0.29, 0.717) is 5.69 Å². The van der Waals surface area contributed by atoms with Crippen molar-refractivity contribution in [2.24, 2.45) is 0 Å². The molecule has 3 N–H and O–H groups in total. The monoisotopic (exact) mass is 302 g/mol. The van der Waals surface area contributed by atoms with Gasteiger partial charge in [0.15, 0.2) is 5.11 Å². The zero-order chi connectivity index (χ0) is 14.6. The summed E-state index contributed by atoms with van der Waals surface area (Å²) >= 11 is 10.8. The lowest BCUT2D eigenvalue weighted by atomic mass is 10.2. The maximum atomic E-state index is 11.0. The van der Waals surface area contributed by atoms with Crippen LogP contribution in [0.3, 0.4) is 0 Å². The van der Waals surface area contributed by atoms with Gasteiger partial charge in [-0.2, -0.15) is 0 Å². The predicted octanol–water partition coefficient (Wildman–Crippen LogP) is 1.88. The van der Waals surface area contributed by atoms with Crippen molar-refractivity contribution in [3.8, 4) is 5.75 Å². The van der Waals surface area contributed by atoms with E-state index in [0.717, 1.165) is 0 Å². The number of ether oxygens (including phenoxy) is 1. The molecule has 0 heterocycles. The number of carbonyl (C=O) groups excluding carboxylic acids is 1. The Morgan fingerprint density at radius 3 is 2.53 bits per heavy atom. The molecule has 1 aromatic rings. The average Bonchev–Trinajstić information content (AvgIpc) is 2.29. The number of halogens is 1. The highest BCUT2D eigenvalue weighted by Crippen LogP contribution is 2.30. The molecule has 0 unspecified atom stereocenters. The lowest BCUT2D eigenvalue weighted by molar-refractivity contribution is -0.117. The van der Waals surface area contributed by atoms with E-state index in [-0.39, 0.29) is 27.4 Å². The Morgan fingerprint density at radius 1 is 1.42 bits per heavy atom. The van der Waals surface area contributed by atoms with Crippen LogP contribution in [-0.2, 0) is 4.79 Å². The molecular weight excluding hydrogens is 292 g/mol. The van der Waals surface area contributed by atoms with Crippen molar-refractivity contribution in [2.75, 3.05) is 12.4 Å². The summed E-state index contributed by atoms with van der Waals surface area (Å²) in [5.74, 6) is -1.36. The maximum Gasteiger partial charge on any atom is 0.339 e. The normalized spacial score (nSPS) is 9.63. The second-order valence-electron chi connectivity index (χ2n) is 3.47. The zero-order valence-corrected chi connectivity index (χ0v) is 11.7. The number of hydrogen-bond donors (Lipinski definition) is 3. The fourth-order valence-corrected chi connectivity index (χ4v) is 1.76. The highest BCUT2D eigenvalue weighted by atomic mass is 35.5. The molecule has 0 fully saturated rings. The van der Waals surface area contributed by atoms with Gasteiger partial charge in [0.1, 0.15) is 11.3 Å². The number of nitrogens with one attached hydrogen (secondary N) is 2. The summed E-state index contributed by atoms with van der Waals surface area (Å²) in [5, 5.41) is 14.2. The van der Waals surface area contributed by atoms with Gasteiger partial charge < -0.3 is 20.5 Å². The predicted molar refractivity (Wildman–Crippen MR) is 75.0 cm³/mol. The fraction of sp³-hybridized carbons (Fsp3) is 0.182. The number of anilines is 1. The van der Waals surface area contributed by atoms with E-state index in [4.69, 9.17) is 33.7 Å². The largest absolute Gasteiger partial charge is 0.496 e. The van der Waals surface area contributed by atoms with Gasteiger partial charge >= 0.3 is 5.97 Å². The maximum absolute atomic E-state index is 11.0. The lowest BCUT2D eigenvalue weighted by Gasteiger charge is -2.12. The number of rotatable bonds is 3. The molecular formula is C11H11ClN2O4S. The third-order valence-corrected chi connectivity index (χ3v) is 2.57. The smallest absolute Gasteiger partial charge is 0.339 e. The van der Waals surface area contributed by atoms with Crippen molar-refractivity contribution in [3.05, 3.63) is 22.7 Å². The number of hydrogen-bond acceptors (Lipinski definition) is 4. The Morgan fingerprint density at radius 2 is 2.05 bits per heavy atom. The molecule has 0 aliphatic rings. The summed E-state index contributed by atoms with van der Waals surface area (Å²) in [7, 11) is 1.34. The molecule has 1 aromatic carbocycles. The molecule has 102 valence electrons. The Balaban J connectivity index is 3.06. The summed E-state index contributed by atoms with van der Waals surface area (Å²) in [6.07, 6.45) is 0. The molecule has 0 saturated heterocycles. The molecule has 1 rings (SSSR count). The van der Waals surface area contributed by atoms with Crippen molar-refractivity contribution in [1.82, 2.24) is 5.32 Å². The van der Waals surface area contributed by atoms with Gasteiger partial charge in [-0.1, -0.05) is 11.6 Å². The van der Waals surface area contributed by atoms with Crippen LogP contribution in [0.1, 0.15) is 17.3 Å². The molecule has 0 radical (unpaired) electrons. The van der Waals surface area contributed by atoms with Crippen LogP contribution in [-0.4, -0.2) is 29.2 Å². The number of carboxylic acids is 1. The molecule has 0 aromatic heterocycles. The topological polar surface area (TPSA) is 87.7 Å². The van der Waals surface area contributed by atoms with Crippen LogP contribution in [0.15, 0.2) is 12.1 Å². The summed E-state index contributed by atoms with van der Waals surface area (Å²) < 4.78 is 4.95. The van der Waals surface area contributed by atoms with Crippen molar-refractivity contribution in [2.45, 2.75) is 6.92 Å². The van der Waals surface area contributed by atoms with Crippen LogP contribution >= 0.6 is 23.8 Å². The van der Waals surface area contributed by atoms with Gasteiger partial charge in [-0.05, 0) is 18.3 Å². The van der Waals surface area contributed by atoms with Gasteiger partial charge in [-0.25, -0.2) is 4.79 Å². The molecule has 0 bridgehead atoms. The van der Waals surface area contributed by atoms with Crippen LogP contribution in [0.4, 0.5) is 5.69 Å². The van der Waals surface area contributed by atoms with Crippen molar-refractivity contribution in [1.29, 1.82) is 0 Å². The summed E-state index contributed by atoms with van der Waals surface area (Å²) in [4.78, 5) is 21.8. The third kappa shape index (κ3) is 4.08. The number of thiocarbonyl (C=S) groups is 1. The lowest BCUT2D eigenvalue weighted by Crippen LogP contribution is -2.32. The molecule has 0 spiro atoms. The Hall–Kier alpha value is -1.86. The van der Waals surface area contributed by atoms with Gasteiger partial charge in [-0.3, -0.25) is 4.79 Å². The Labute approximate surface area is 119 Å². The van der Waals surface area contributed by atoms with Gasteiger partial charge in [0, 0.05) is 13.0 Å². The minimum atomic E-state index is -1.16. The van der Waals surface area contributed by atoms with Gasteiger partial charge in [0.05, 0.1) is 17.8 Å². The molecule has 1 amide bonds. The molecule has 6 nitrogen and oxygen atoms in total. The number of methoxy groups -OCH3 is 1. The SMILES string of the molecule is COc1cc(NC(=S)NC(C)=O)c(Cl)cc1C(=O)O. The van der Waals surface area contributed by atoms with Gasteiger partial charge in [-0.15, -0.1) is 0 Å². The molecule has 8 heteroatoms. The second-order valence-corrected chi connectivity index (χ2v) is 4.29. The van der Waals surface area contributed by atoms with Crippen LogP contribution in [0, 0.1) is 0 Å². The number of carbonyl (C=O) groups is 2. The highest BCUT2D eigenvalue weighted by Gasteiger charge is 2.15. The molecule has 0 atom stereocenters. The fourth-order valence-electron chi connectivity index (χ4n) is 1.30. The van der Waals surface area contributed by atoms with E-state index in [1.165, 1.54) is 26.2 Å². The van der Waals surface area contributed by atoms with Crippen molar-refractivity contribution in [3.63, 3.8) is 0 Å². The summed E-state index contributed by atoms with van der Waals surface area (Å²) in [6, 6.07) is 2.63. The molecule has 0 saturated carbocycles. The van der Waals surface area contributed by atoms with Crippen molar-refractivity contribution >= 4 is 46.5 Å². The van der Waals surface area contributed by atoms with Crippen molar-refractivity contribution < 1.29 is 19.4 Å². The van der Waals surface area contributed by atoms with E-state index in [2.05, 4.69) is 10.6 Å². The molecule has 0 aliphatic heterocycles. The first kappa shape index (κ1) is 15.2. The quantitative estimate of drug-likeness (QED) is 0.739. The highest BCUT2D eigenvalue weighted by molar-refractivity contribution is 7.80. The van der Waals surface area contributed by atoms with E-state index in [1.807, 2.05) is 0 Å². The third-order valence-electron chi connectivity index (χ3n) is 2.06. The Bertz CT molecular complexity index is 548. The van der Waals surface area contributed by atoms with Crippen LogP contribution < -0.4 is 15.4 Å². The molecule has 19 heavy (non-hydrogen) atoms. The first-order valence-corrected chi connectivity index (χ1v) is 5.83. The summed E-state index contributed by atoms with van der Waals surface area (Å²) in [6.45, 7) is 1.31. The van der Waals surface area contributed by atoms with Gasteiger partial charge in [0.2, 0.25) is 5.91 Å². The first-order chi connectivity index (χ1) is 8.85. The standard InChI is InChI=1S/C11H11ClN2O4S/c1-5(15)13-11(19)14-8-4-9(18-2)6(10(16)17)3-7(8)12/h3-4H,1-2H3,(H,16,17)(H2,13,14,15,19). The van der Waals surface area contributed by atoms with E-state index >= 15 is 0 Å². The van der Waals surface area contributed by atoms with Crippen LogP contribution in [0.2, 0.25) is 5.02 Å². The minimum Gasteiger partial charge on any atom is -0.496 e. The van der Waals surface area contributed by atoms with Crippen LogP contribution in [0.5, 0.6) is 5.75 Å². The average molecular weight is 303 g/mol. The molecule has 0 aliphatic carbocycles. The first-order valence-electron chi connectivity index (χ1n) is 5.04. The van der Waals surface area contributed by atoms with E-state index in [9.17, 15) is 9.59 Å². The summed E-state index contributed by atoms with van der Waals surface area (Å²) in [5.41, 5.74) is 0.269. The minimum absolute atomic E-state index is 0.0551. The number of carboxylic acid groups (broad SMARTS) is 1. The van der Waals surface area contributed by atoms with E-state index in [1.54, 1.807) is 0 Å². The number of aromatic carboxylic acids is 1. The Kier molecular flexibility index (Phi) is 5.08.